The Labute approximate surface area is 151 Å². The molecule has 3 aromatic heterocycles. The Kier molecular flexibility index (Phi) is 4.28. The van der Waals surface area contributed by atoms with Crippen molar-refractivity contribution in [1.29, 1.82) is 0 Å². The van der Waals surface area contributed by atoms with Crippen molar-refractivity contribution in [1.82, 2.24) is 19.7 Å². The van der Waals surface area contributed by atoms with E-state index in [-0.39, 0.29) is 0 Å². The largest absolute Gasteiger partial charge is 0.388 e. The van der Waals surface area contributed by atoms with E-state index in [1.807, 2.05) is 18.3 Å². The second kappa shape index (κ2) is 6.43. The maximum Gasteiger partial charge on any atom is 0.253 e. The summed E-state index contributed by atoms with van der Waals surface area (Å²) in [5.74, 6) is 1.42. The molecule has 1 N–H and O–H groups in total. The van der Waals surface area contributed by atoms with Crippen LogP contribution in [0.25, 0.3) is 16.2 Å². The predicted molar refractivity (Wildman–Crippen MR) is 93.6 cm³/mol. The number of hydrogen-bond acceptors (Lipinski definition) is 7. The van der Waals surface area contributed by atoms with Crippen LogP contribution in [0.4, 0.5) is 5.82 Å². The molecule has 0 amide bonds. The van der Waals surface area contributed by atoms with Gasteiger partial charge in [-0.2, -0.15) is 10.1 Å². The molecule has 1 unspecified atom stereocenters. The molecule has 0 saturated carbocycles. The van der Waals surface area contributed by atoms with Gasteiger partial charge in [-0.05, 0) is 23.6 Å². The maximum atomic E-state index is 9.92. The fourth-order valence-corrected chi connectivity index (χ4v) is 3.93. The number of fused-ring (bicyclic) bond motifs is 1. The van der Waals surface area contributed by atoms with E-state index in [0.717, 1.165) is 38.6 Å². The van der Waals surface area contributed by atoms with Crippen molar-refractivity contribution in [2.75, 3.05) is 31.2 Å². The van der Waals surface area contributed by atoms with Crippen molar-refractivity contribution < 1.29 is 9.84 Å². The van der Waals surface area contributed by atoms with Crippen LogP contribution >= 0.6 is 11.3 Å². The second-order valence-corrected chi connectivity index (χ2v) is 7.35. The highest BCUT2D eigenvalue weighted by molar-refractivity contribution is 7.19. The summed E-state index contributed by atoms with van der Waals surface area (Å²) in [6, 6.07) is 3.83. The number of aliphatic hydroxyl groups excluding tert-OH is 1. The van der Waals surface area contributed by atoms with Crippen molar-refractivity contribution in [3.05, 3.63) is 23.2 Å². The summed E-state index contributed by atoms with van der Waals surface area (Å²) in [6.45, 7) is 4.73. The molecule has 1 saturated heterocycles. The van der Waals surface area contributed by atoms with Crippen LogP contribution in [0.1, 0.15) is 17.9 Å². The third kappa shape index (κ3) is 2.94. The summed E-state index contributed by atoms with van der Waals surface area (Å²) in [5.41, 5.74) is 0.836. The van der Waals surface area contributed by atoms with Gasteiger partial charge in [0.1, 0.15) is 0 Å². The SMILES string of the molecule is CC(O)c1cc2nc(-n3cc[c]([Al])n3)nc(N3CCOCC3)c2s1. The topological polar surface area (TPSA) is 76.3 Å². The van der Waals surface area contributed by atoms with Crippen LogP contribution in [0.5, 0.6) is 0 Å². The third-order valence-electron chi connectivity index (χ3n) is 3.90. The van der Waals surface area contributed by atoms with Gasteiger partial charge in [-0.1, -0.05) is 0 Å². The van der Waals surface area contributed by atoms with E-state index in [2.05, 4.69) is 31.3 Å². The molecule has 4 rings (SSSR count). The van der Waals surface area contributed by atoms with Crippen LogP contribution in [0.3, 0.4) is 0 Å². The fourth-order valence-electron chi connectivity index (χ4n) is 2.67. The number of thiophene rings is 1. The molecule has 2 radical (unpaired) electrons. The lowest BCUT2D eigenvalue weighted by atomic mass is 10.3. The molecule has 3 aromatic rings. The van der Waals surface area contributed by atoms with Crippen molar-refractivity contribution in [2.24, 2.45) is 0 Å². The quantitative estimate of drug-likeness (QED) is 0.691. The highest BCUT2D eigenvalue weighted by Gasteiger charge is 2.21. The van der Waals surface area contributed by atoms with Gasteiger partial charge >= 0.3 is 0 Å². The van der Waals surface area contributed by atoms with E-state index in [0.29, 0.717) is 19.2 Å². The number of aliphatic hydroxyl groups is 1. The zero-order valence-corrected chi connectivity index (χ0v) is 15.2. The number of nitrogens with zero attached hydrogens (tertiary/aromatic N) is 5. The van der Waals surface area contributed by atoms with Crippen molar-refractivity contribution in [3.8, 4) is 5.95 Å². The molecule has 0 bridgehead atoms. The molecule has 7 nitrogen and oxygen atoms in total. The monoisotopic (exact) mass is 357 g/mol. The maximum absolute atomic E-state index is 9.92. The molecule has 0 spiro atoms. The number of hydrogen-bond donors (Lipinski definition) is 1. The van der Waals surface area contributed by atoms with E-state index in [4.69, 9.17) is 9.72 Å². The van der Waals surface area contributed by atoms with Gasteiger partial charge in [0.15, 0.2) is 5.82 Å². The number of morpholine rings is 1. The molecule has 1 aliphatic rings. The molecule has 24 heavy (non-hydrogen) atoms. The van der Waals surface area contributed by atoms with Gasteiger partial charge in [0.05, 0.1) is 29.5 Å². The van der Waals surface area contributed by atoms with E-state index in [9.17, 15) is 5.11 Å². The minimum atomic E-state index is -0.520. The number of aromatic nitrogens is 4. The Morgan fingerprint density at radius 1 is 1.33 bits per heavy atom. The van der Waals surface area contributed by atoms with Gasteiger partial charge in [0.2, 0.25) is 16.3 Å². The summed E-state index contributed by atoms with van der Waals surface area (Å²) in [7, 11) is 0. The highest BCUT2D eigenvalue weighted by Crippen LogP contribution is 2.35. The first-order chi connectivity index (χ1) is 11.6. The van der Waals surface area contributed by atoms with Crippen LogP contribution in [0.2, 0.25) is 0 Å². The number of anilines is 1. The smallest absolute Gasteiger partial charge is 0.253 e. The summed E-state index contributed by atoms with van der Waals surface area (Å²) < 4.78 is 8.96. The van der Waals surface area contributed by atoms with Crippen LogP contribution in [-0.4, -0.2) is 67.4 Å². The van der Waals surface area contributed by atoms with E-state index >= 15 is 0 Å². The Hall–Kier alpha value is -1.50. The van der Waals surface area contributed by atoms with Crippen LogP contribution < -0.4 is 9.46 Å². The molecular weight excluding hydrogens is 341 g/mol. The molecule has 122 valence electrons. The summed E-state index contributed by atoms with van der Waals surface area (Å²) in [4.78, 5) is 12.5. The zero-order valence-electron chi connectivity index (χ0n) is 13.2. The summed E-state index contributed by atoms with van der Waals surface area (Å²) >= 11 is 4.11. The molecule has 0 aromatic carbocycles. The Morgan fingerprint density at radius 3 is 2.79 bits per heavy atom. The lowest BCUT2D eigenvalue weighted by Gasteiger charge is -2.28. The van der Waals surface area contributed by atoms with Crippen molar-refractivity contribution >= 4 is 48.2 Å². The van der Waals surface area contributed by atoms with Crippen molar-refractivity contribution in [2.45, 2.75) is 13.0 Å². The van der Waals surface area contributed by atoms with Crippen LogP contribution in [0, 0.1) is 0 Å². The Bertz CT molecular complexity index is 872. The van der Waals surface area contributed by atoms with Gasteiger partial charge in [0, 0.05) is 24.2 Å². The molecule has 1 fully saturated rings. The lowest BCUT2D eigenvalue weighted by Crippen LogP contribution is -2.37. The van der Waals surface area contributed by atoms with Crippen molar-refractivity contribution in [3.63, 3.8) is 0 Å². The second-order valence-electron chi connectivity index (χ2n) is 5.67. The number of ether oxygens (including phenoxy) is 1. The molecule has 1 atom stereocenters. The summed E-state index contributed by atoms with van der Waals surface area (Å²) in [5, 5.41) is 14.3. The van der Waals surface area contributed by atoms with E-state index in [1.165, 1.54) is 0 Å². The standard InChI is InChI=1S/C15H16N5O2S.Al/c1-10(21)12-9-11-13(23-12)14(19-5-7-22-8-6-19)18-15(17-11)20-4-2-3-16-20;/h2,4,9-10,21H,5-8H2,1H3;. The first-order valence-corrected chi connectivity index (χ1v) is 9.15. The molecule has 0 aliphatic carbocycles. The third-order valence-corrected chi connectivity index (χ3v) is 5.50. The average Bonchev–Trinajstić information content (AvgIpc) is 3.20. The average molecular weight is 357 g/mol. The van der Waals surface area contributed by atoms with E-state index < -0.39 is 6.10 Å². The van der Waals surface area contributed by atoms with Gasteiger partial charge in [0.25, 0.3) is 5.95 Å². The number of rotatable bonds is 3. The van der Waals surface area contributed by atoms with Gasteiger partial charge in [-0.15, -0.1) is 11.3 Å². The first kappa shape index (κ1) is 16.0. The molecule has 4 heterocycles. The van der Waals surface area contributed by atoms with Gasteiger partial charge in [-0.25, -0.2) is 9.67 Å². The lowest BCUT2D eigenvalue weighted by molar-refractivity contribution is 0.122. The van der Waals surface area contributed by atoms with Crippen LogP contribution in [0.15, 0.2) is 18.3 Å². The molecule has 1 aliphatic heterocycles. The predicted octanol–water partition coefficient (Wildman–Crippen LogP) is 0.561. The zero-order chi connectivity index (χ0) is 16.7. The highest BCUT2D eigenvalue weighted by atomic mass is 32.1. The summed E-state index contributed by atoms with van der Waals surface area (Å²) in [6.07, 6.45) is 1.32. The minimum absolute atomic E-state index is 0.520. The first-order valence-electron chi connectivity index (χ1n) is 7.75. The normalized spacial score (nSPS) is 16.7. The Balaban J connectivity index is 1.88. The van der Waals surface area contributed by atoms with Gasteiger partial charge < -0.3 is 14.7 Å². The van der Waals surface area contributed by atoms with E-state index in [1.54, 1.807) is 22.9 Å². The van der Waals surface area contributed by atoms with Crippen LogP contribution in [-0.2, 0) is 4.74 Å². The molecule has 9 heteroatoms. The molecular formula is C15H16AlN5O2S. The van der Waals surface area contributed by atoms with Gasteiger partial charge in [-0.3, -0.25) is 0 Å². The fraction of sp³-hybridized carbons (Fsp3) is 0.400. The Morgan fingerprint density at radius 2 is 2.12 bits per heavy atom. The minimum Gasteiger partial charge on any atom is -0.388 e.